The third kappa shape index (κ3) is 51.7. The Balaban J connectivity index is 4.15. The third-order valence-electron chi connectivity index (χ3n) is 11.7. The van der Waals surface area contributed by atoms with Gasteiger partial charge in [0, 0.05) is 19.3 Å². The summed E-state index contributed by atoms with van der Waals surface area (Å²) in [4.78, 5) is 37.9. The zero-order chi connectivity index (χ0) is 47.2. The van der Waals surface area contributed by atoms with Gasteiger partial charge in [0.1, 0.15) is 13.2 Å². The van der Waals surface area contributed by atoms with Crippen molar-refractivity contribution in [3.05, 3.63) is 72.9 Å². The first kappa shape index (κ1) is 61.9. The molecule has 65 heavy (non-hydrogen) atoms. The molecule has 0 aromatic rings. The summed E-state index contributed by atoms with van der Waals surface area (Å²) >= 11 is 0. The van der Waals surface area contributed by atoms with Crippen LogP contribution in [0.15, 0.2) is 72.9 Å². The van der Waals surface area contributed by atoms with Crippen LogP contribution in [0.3, 0.4) is 0 Å². The lowest BCUT2D eigenvalue weighted by Crippen LogP contribution is -2.30. The Labute approximate surface area is 402 Å². The van der Waals surface area contributed by atoms with Crippen molar-refractivity contribution in [3.63, 3.8) is 0 Å². The highest BCUT2D eigenvalue weighted by molar-refractivity contribution is 5.71. The van der Waals surface area contributed by atoms with E-state index in [0.29, 0.717) is 19.3 Å². The van der Waals surface area contributed by atoms with E-state index in [1.165, 1.54) is 122 Å². The molecule has 0 aliphatic carbocycles. The first-order chi connectivity index (χ1) is 32.0. The maximum atomic E-state index is 12.7. The van der Waals surface area contributed by atoms with Gasteiger partial charge in [-0.15, -0.1) is 0 Å². The van der Waals surface area contributed by atoms with Crippen LogP contribution in [0.2, 0.25) is 0 Å². The first-order valence-corrected chi connectivity index (χ1v) is 27.4. The van der Waals surface area contributed by atoms with Crippen LogP contribution >= 0.6 is 0 Å². The summed E-state index contributed by atoms with van der Waals surface area (Å²) in [5, 5.41) is 0. The van der Waals surface area contributed by atoms with E-state index in [4.69, 9.17) is 14.2 Å². The summed E-state index contributed by atoms with van der Waals surface area (Å²) < 4.78 is 16.7. The Bertz CT molecular complexity index is 1230. The molecule has 0 radical (unpaired) electrons. The molecule has 0 aliphatic heterocycles. The quantitative estimate of drug-likeness (QED) is 0.0262. The van der Waals surface area contributed by atoms with Crippen LogP contribution in [0, 0.1) is 0 Å². The van der Waals surface area contributed by atoms with E-state index < -0.39 is 6.10 Å². The second kappa shape index (κ2) is 53.5. The largest absolute Gasteiger partial charge is 0.462 e. The van der Waals surface area contributed by atoms with Crippen molar-refractivity contribution in [1.29, 1.82) is 0 Å². The number of rotatable bonds is 49. The molecule has 6 nitrogen and oxygen atoms in total. The molecule has 0 spiro atoms. The zero-order valence-electron chi connectivity index (χ0n) is 42.7. The van der Waals surface area contributed by atoms with Crippen molar-refractivity contribution >= 4 is 17.9 Å². The predicted molar refractivity (Wildman–Crippen MR) is 279 cm³/mol. The van der Waals surface area contributed by atoms with Gasteiger partial charge in [0.25, 0.3) is 0 Å². The minimum absolute atomic E-state index is 0.0774. The fourth-order valence-corrected chi connectivity index (χ4v) is 7.58. The SMILES string of the molecule is CC/C=C\C/C=C\C/C=C\C/C=C\C/C=C\CCCCCCCCCCCCCC(=O)OCC(COC(=O)CCCCCCCCCC)OC(=O)CCCCCCC/C=C\CCCCC. The van der Waals surface area contributed by atoms with Crippen LogP contribution in [0.4, 0.5) is 0 Å². The molecule has 0 aliphatic rings. The van der Waals surface area contributed by atoms with E-state index in [0.717, 1.165) is 103 Å². The molecular formula is C59H102O6. The number of carbonyl (C=O) groups excluding carboxylic acids is 3. The smallest absolute Gasteiger partial charge is 0.306 e. The van der Waals surface area contributed by atoms with E-state index in [1.807, 2.05) is 0 Å². The number of hydrogen-bond donors (Lipinski definition) is 0. The van der Waals surface area contributed by atoms with E-state index in [9.17, 15) is 14.4 Å². The Hall–Kier alpha value is -3.15. The first-order valence-electron chi connectivity index (χ1n) is 27.4. The summed E-state index contributed by atoms with van der Waals surface area (Å²) in [5.74, 6) is -0.891. The van der Waals surface area contributed by atoms with E-state index in [-0.39, 0.29) is 31.1 Å². The lowest BCUT2D eigenvalue weighted by molar-refractivity contribution is -0.167. The normalized spacial score (nSPS) is 12.6. The molecule has 6 heteroatoms. The minimum atomic E-state index is -0.776. The molecule has 1 atom stereocenters. The van der Waals surface area contributed by atoms with E-state index in [1.54, 1.807) is 0 Å². The summed E-state index contributed by atoms with van der Waals surface area (Å²) in [6, 6.07) is 0. The standard InChI is InChI=1S/C59H102O6/c1-4-7-10-13-16-19-21-23-24-25-26-27-28-29-30-31-32-33-34-35-36-37-39-40-43-46-49-52-58(61)64-55-56(54-63-57(60)51-48-45-42-18-15-12-9-6-3)65-59(62)53-50-47-44-41-38-22-20-17-14-11-8-5-2/h7,10,16-17,19-20,23-24,26-27,29-30,56H,4-6,8-9,11-15,18,21-22,25,28,31-55H2,1-3H3/b10-7-,19-16-,20-17-,24-23-,27-26-,30-29-. The molecular weight excluding hydrogens is 805 g/mol. The number of hydrogen-bond acceptors (Lipinski definition) is 6. The van der Waals surface area contributed by atoms with Crippen molar-refractivity contribution in [2.75, 3.05) is 13.2 Å². The van der Waals surface area contributed by atoms with Crippen LogP contribution in [0.5, 0.6) is 0 Å². The van der Waals surface area contributed by atoms with Gasteiger partial charge in [0.15, 0.2) is 6.10 Å². The molecule has 0 amide bonds. The van der Waals surface area contributed by atoms with Gasteiger partial charge in [-0.1, -0.05) is 229 Å². The minimum Gasteiger partial charge on any atom is -0.462 e. The monoisotopic (exact) mass is 907 g/mol. The van der Waals surface area contributed by atoms with Gasteiger partial charge >= 0.3 is 17.9 Å². The fourth-order valence-electron chi connectivity index (χ4n) is 7.58. The van der Waals surface area contributed by atoms with Gasteiger partial charge in [0.05, 0.1) is 0 Å². The number of allylic oxidation sites excluding steroid dienone is 12. The molecule has 0 N–H and O–H groups in total. The molecule has 0 aromatic heterocycles. The van der Waals surface area contributed by atoms with Crippen LogP contribution in [-0.2, 0) is 28.6 Å². The Morgan fingerprint density at radius 2 is 0.600 bits per heavy atom. The van der Waals surface area contributed by atoms with Gasteiger partial charge in [-0.2, -0.15) is 0 Å². The van der Waals surface area contributed by atoms with Gasteiger partial charge in [0.2, 0.25) is 0 Å². The molecule has 0 aromatic carbocycles. The lowest BCUT2D eigenvalue weighted by Gasteiger charge is -2.18. The van der Waals surface area contributed by atoms with Gasteiger partial charge in [-0.05, 0) is 89.9 Å². The average Bonchev–Trinajstić information content (AvgIpc) is 3.30. The summed E-state index contributed by atoms with van der Waals surface area (Å²) in [5.41, 5.74) is 0. The van der Waals surface area contributed by atoms with Crippen molar-refractivity contribution in [1.82, 2.24) is 0 Å². The summed E-state index contributed by atoms with van der Waals surface area (Å²) in [7, 11) is 0. The predicted octanol–water partition coefficient (Wildman–Crippen LogP) is 18.2. The van der Waals surface area contributed by atoms with Gasteiger partial charge in [-0.25, -0.2) is 0 Å². The number of esters is 3. The van der Waals surface area contributed by atoms with Gasteiger partial charge < -0.3 is 14.2 Å². The van der Waals surface area contributed by atoms with Crippen LogP contribution in [-0.4, -0.2) is 37.2 Å². The molecule has 0 saturated heterocycles. The lowest BCUT2D eigenvalue weighted by atomic mass is 10.0. The number of ether oxygens (including phenoxy) is 3. The Kier molecular flexibility index (Phi) is 50.9. The van der Waals surface area contributed by atoms with Crippen molar-refractivity contribution in [2.45, 2.75) is 271 Å². The third-order valence-corrected chi connectivity index (χ3v) is 11.7. The van der Waals surface area contributed by atoms with Crippen LogP contribution in [0.1, 0.15) is 265 Å². The number of unbranched alkanes of at least 4 members (excludes halogenated alkanes) is 26. The van der Waals surface area contributed by atoms with Crippen molar-refractivity contribution in [3.8, 4) is 0 Å². The van der Waals surface area contributed by atoms with E-state index >= 15 is 0 Å². The topological polar surface area (TPSA) is 78.9 Å². The maximum absolute atomic E-state index is 12.7. The second-order valence-electron chi connectivity index (χ2n) is 18.1. The molecule has 0 heterocycles. The van der Waals surface area contributed by atoms with Crippen molar-refractivity contribution in [2.24, 2.45) is 0 Å². The molecule has 0 fully saturated rings. The van der Waals surface area contributed by atoms with Crippen LogP contribution < -0.4 is 0 Å². The molecule has 374 valence electrons. The zero-order valence-corrected chi connectivity index (χ0v) is 42.7. The highest BCUT2D eigenvalue weighted by atomic mass is 16.6. The summed E-state index contributed by atoms with van der Waals surface area (Å²) in [6.45, 7) is 6.47. The molecule has 1 unspecified atom stereocenters. The summed E-state index contributed by atoms with van der Waals surface area (Å²) in [6.07, 6.45) is 67.7. The molecule has 0 saturated carbocycles. The highest BCUT2D eigenvalue weighted by Gasteiger charge is 2.19. The fraction of sp³-hybridized carbons (Fsp3) is 0.746. The molecule has 0 bridgehead atoms. The van der Waals surface area contributed by atoms with Crippen LogP contribution in [0.25, 0.3) is 0 Å². The second-order valence-corrected chi connectivity index (χ2v) is 18.1. The maximum Gasteiger partial charge on any atom is 0.306 e. The van der Waals surface area contributed by atoms with Crippen molar-refractivity contribution < 1.29 is 28.6 Å². The Morgan fingerprint density at radius 1 is 0.323 bits per heavy atom. The highest BCUT2D eigenvalue weighted by Crippen LogP contribution is 2.15. The van der Waals surface area contributed by atoms with Gasteiger partial charge in [-0.3, -0.25) is 14.4 Å². The van der Waals surface area contributed by atoms with E-state index in [2.05, 4.69) is 93.7 Å². The Morgan fingerprint density at radius 3 is 0.985 bits per heavy atom. The molecule has 0 rings (SSSR count). The average molecular weight is 907 g/mol. The number of carbonyl (C=O) groups is 3.